The molecule has 0 saturated carbocycles. The first-order valence-corrected chi connectivity index (χ1v) is 9.45. The second-order valence-electron chi connectivity index (χ2n) is 5.23. The van der Waals surface area contributed by atoms with Crippen LogP contribution in [0.1, 0.15) is 17.3 Å². The summed E-state index contributed by atoms with van der Waals surface area (Å²) in [6, 6.07) is 11.0. The van der Waals surface area contributed by atoms with Crippen LogP contribution in [0.2, 0.25) is 0 Å². The Kier molecular flexibility index (Phi) is 5.93. The summed E-state index contributed by atoms with van der Waals surface area (Å²) in [5.41, 5.74) is 5.87. The number of carbonyl (C=O) groups excluding carboxylic acids is 2. The topological polar surface area (TPSA) is 118 Å². The van der Waals surface area contributed by atoms with Gasteiger partial charge in [-0.2, -0.15) is 4.72 Å². The first kappa shape index (κ1) is 19.1. The normalized spacial score (nSPS) is 12.4. The molecule has 2 aromatic carbocycles. The van der Waals surface area contributed by atoms with Crippen molar-refractivity contribution in [2.24, 2.45) is 5.73 Å². The largest absolute Gasteiger partial charge is 0.366 e. The van der Waals surface area contributed by atoms with Crippen LogP contribution in [0, 0.1) is 0 Å². The van der Waals surface area contributed by atoms with E-state index < -0.39 is 27.9 Å². The summed E-state index contributed by atoms with van der Waals surface area (Å²) >= 11 is 3.23. The molecule has 132 valence electrons. The molecule has 0 heterocycles. The number of benzene rings is 2. The Morgan fingerprint density at radius 3 is 2.12 bits per heavy atom. The maximum absolute atomic E-state index is 12.3. The number of rotatable bonds is 6. The average molecular weight is 426 g/mol. The highest BCUT2D eigenvalue weighted by Crippen LogP contribution is 2.15. The van der Waals surface area contributed by atoms with Crippen molar-refractivity contribution in [3.63, 3.8) is 0 Å². The molecule has 2 rings (SSSR count). The third-order valence-corrected chi connectivity index (χ3v) is 5.37. The Labute approximate surface area is 153 Å². The van der Waals surface area contributed by atoms with E-state index in [1.165, 1.54) is 43.3 Å². The Morgan fingerprint density at radius 2 is 1.60 bits per heavy atom. The first-order chi connectivity index (χ1) is 11.7. The predicted octanol–water partition coefficient (Wildman–Crippen LogP) is 1.85. The molecule has 0 aromatic heterocycles. The summed E-state index contributed by atoms with van der Waals surface area (Å²) in [5.74, 6) is -1.11. The van der Waals surface area contributed by atoms with E-state index in [4.69, 9.17) is 5.73 Å². The molecule has 0 spiro atoms. The number of nitrogens with two attached hydrogens (primary N) is 1. The molecule has 0 unspecified atom stereocenters. The van der Waals surface area contributed by atoms with Gasteiger partial charge in [-0.05, 0) is 55.5 Å². The standard InChI is InChI=1S/C16H16BrN3O4S/c1-10(20-25(23,24)14-8-4-12(17)5-9-14)16(22)19-13-6-2-11(3-7-13)15(18)21/h2-10,20H,1H3,(H2,18,21)(H,19,22)/t10-/m1/s1. The van der Waals surface area contributed by atoms with Crippen LogP contribution < -0.4 is 15.8 Å². The SMILES string of the molecule is C[C@@H](NS(=O)(=O)c1ccc(Br)cc1)C(=O)Nc1ccc(C(N)=O)cc1. The molecule has 0 radical (unpaired) electrons. The van der Waals surface area contributed by atoms with Crippen LogP contribution in [0.25, 0.3) is 0 Å². The van der Waals surface area contributed by atoms with E-state index in [0.717, 1.165) is 4.47 Å². The van der Waals surface area contributed by atoms with Gasteiger partial charge in [-0.15, -0.1) is 0 Å². The number of carbonyl (C=O) groups is 2. The number of halogens is 1. The fourth-order valence-corrected chi connectivity index (χ4v) is 3.40. The van der Waals surface area contributed by atoms with Crippen LogP contribution in [0.4, 0.5) is 5.69 Å². The summed E-state index contributed by atoms with van der Waals surface area (Å²) in [4.78, 5) is 23.2. The summed E-state index contributed by atoms with van der Waals surface area (Å²) in [7, 11) is -3.82. The molecule has 9 heteroatoms. The molecule has 0 fully saturated rings. The van der Waals surface area contributed by atoms with Gasteiger partial charge in [0.25, 0.3) is 0 Å². The fraction of sp³-hybridized carbons (Fsp3) is 0.125. The molecule has 0 bridgehead atoms. The number of nitrogens with one attached hydrogen (secondary N) is 2. The van der Waals surface area contributed by atoms with Crippen molar-refractivity contribution in [1.29, 1.82) is 0 Å². The lowest BCUT2D eigenvalue weighted by molar-refractivity contribution is -0.117. The minimum absolute atomic E-state index is 0.0566. The maximum atomic E-state index is 12.3. The van der Waals surface area contributed by atoms with Gasteiger partial charge in [-0.1, -0.05) is 15.9 Å². The first-order valence-electron chi connectivity index (χ1n) is 7.17. The second kappa shape index (κ2) is 7.77. The van der Waals surface area contributed by atoms with Gasteiger partial charge < -0.3 is 11.1 Å². The van der Waals surface area contributed by atoms with Crippen molar-refractivity contribution < 1.29 is 18.0 Å². The van der Waals surface area contributed by atoms with E-state index in [2.05, 4.69) is 26.0 Å². The van der Waals surface area contributed by atoms with E-state index >= 15 is 0 Å². The van der Waals surface area contributed by atoms with Gasteiger partial charge in [0.05, 0.1) is 10.9 Å². The zero-order valence-corrected chi connectivity index (χ0v) is 15.6. The lowest BCUT2D eigenvalue weighted by Crippen LogP contribution is -2.41. The van der Waals surface area contributed by atoms with Gasteiger partial charge >= 0.3 is 0 Å². The molecule has 2 amide bonds. The average Bonchev–Trinajstić information content (AvgIpc) is 2.55. The van der Waals surface area contributed by atoms with Gasteiger partial charge in [0, 0.05) is 15.7 Å². The second-order valence-corrected chi connectivity index (χ2v) is 7.86. The molecule has 1 atom stereocenters. The zero-order chi connectivity index (χ0) is 18.6. The zero-order valence-electron chi connectivity index (χ0n) is 13.2. The Balaban J connectivity index is 2.04. The number of amides is 2. The van der Waals surface area contributed by atoms with Gasteiger partial charge in [-0.3, -0.25) is 9.59 Å². The molecular formula is C16H16BrN3O4S. The monoisotopic (exact) mass is 425 g/mol. The summed E-state index contributed by atoms with van der Waals surface area (Å²) < 4.78 is 27.6. The lowest BCUT2D eigenvalue weighted by Gasteiger charge is -2.14. The molecule has 0 aliphatic heterocycles. The van der Waals surface area contributed by atoms with Crippen LogP contribution in [0.3, 0.4) is 0 Å². The van der Waals surface area contributed by atoms with Crippen molar-refractivity contribution in [1.82, 2.24) is 4.72 Å². The van der Waals surface area contributed by atoms with Crippen LogP contribution in [-0.2, 0) is 14.8 Å². The van der Waals surface area contributed by atoms with Crippen molar-refractivity contribution in [2.45, 2.75) is 17.9 Å². The van der Waals surface area contributed by atoms with Crippen LogP contribution in [0.15, 0.2) is 57.9 Å². The molecule has 2 aromatic rings. The highest BCUT2D eigenvalue weighted by atomic mass is 79.9. The van der Waals surface area contributed by atoms with E-state index in [1.54, 1.807) is 12.1 Å². The highest BCUT2D eigenvalue weighted by molar-refractivity contribution is 9.10. The van der Waals surface area contributed by atoms with E-state index in [0.29, 0.717) is 11.3 Å². The molecule has 0 aliphatic carbocycles. The van der Waals surface area contributed by atoms with Crippen LogP contribution in [0.5, 0.6) is 0 Å². The number of sulfonamides is 1. The molecule has 4 N–H and O–H groups in total. The van der Waals surface area contributed by atoms with Gasteiger partial charge in [0.2, 0.25) is 21.8 Å². The van der Waals surface area contributed by atoms with Gasteiger partial charge in [0.1, 0.15) is 0 Å². The van der Waals surface area contributed by atoms with Crippen molar-refractivity contribution in [2.75, 3.05) is 5.32 Å². The third-order valence-electron chi connectivity index (χ3n) is 3.29. The molecule has 0 saturated heterocycles. The Hall–Kier alpha value is -2.23. The predicted molar refractivity (Wildman–Crippen MR) is 97.5 cm³/mol. The minimum atomic E-state index is -3.82. The summed E-state index contributed by atoms with van der Waals surface area (Å²) in [6.07, 6.45) is 0. The van der Waals surface area contributed by atoms with Gasteiger partial charge in [-0.25, -0.2) is 8.42 Å². The Morgan fingerprint density at radius 1 is 1.04 bits per heavy atom. The Bertz CT molecular complexity index is 881. The number of hydrogen-bond donors (Lipinski definition) is 3. The van der Waals surface area contributed by atoms with E-state index in [1.807, 2.05) is 0 Å². The lowest BCUT2D eigenvalue weighted by atomic mass is 10.2. The van der Waals surface area contributed by atoms with Crippen molar-refractivity contribution >= 4 is 43.5 Å². The maximum Gasteiger partial charge on any atom is 0.248 e. The minimum Gasteiger partial charge on any atom is -0.366 e. The molecule has 7 nitrogen and oxygen atoms in total. The van der Waals surface area contributed by atoms with E-state index in [9.17, 15) is 18.0 Å². The molecule has 0 aliphatic rings. The van der Waals surface area contributed by atoms with E-state index in [-0.39, 0.29) is 4.90 Å². The number of primary amides is 1. The van der Waals surface area contributed by atoms with Crippen molar-refractivity contribution in [3.05, 3.63) is 58.6 Å². The van der Waals surface area contributed by atoms with Crippen molar-refractivity contribution in [3.8, 4) is 0 Å². The molecular weight excluding hydrogens is 410 g/mol. The highest BCUT2D eigenvalue weighted by Gasteiger charge is 2.22. The number of anilines is 1. The number of hydrogen-bond acceptors (Lipinski definition) is 4. The summed E-state index contributed by atoms with van der Waals surface area (Å²) in [6.45, 7) is 1.43. The quantitative estimate of drug-likeness (QED) is 0.653. The summed E-state index contributed by atoms with van der Waals surface area (Å²) in [5, 5.41) is 2.57. The third kappa shape index (κ3) is 5.12. The smallest absolute Gasteiger partial charge is 0.248 e. The van der Waals surface area contributed by atoms with Gasteiger partial charge in [0.15, 0.2) is 0 Å². The van der Waals surface area contributed by atoms with Crippen LogP contribution in [-0.4, -0.2) is 26.3 Å². The van der Waals surface area contributed by atoms with Crippen LogP contribution >= 0.6 is 15.9 Å². The molecule has 25 heavy (non-hydrogen) atoms. The fourth-order valence-electron chi connectivity index (χ4n) is 1.94.